The van der Waals surface area contributed by atoms with E-state index in [9.17, 15) is 0 Å². The van der Waals surface area contributed by atoms with Gasteiger partial charge in [-0.2, -0.15) is 0 Å². The second kappa shape index (κ2) is 3.97. The van der Waals surface area contributed by atoms with Gasteiger partial charge in [-0.05, 0) is 74.2 Å². The Morgan fingerprint density at radius 1 is 1.29 bits per heavy atom. The molecule has 3 aliphatic rings. The zero-order valence-electron chi connectivity index (χ0n) is 11.0. The normalized spacial score (nSPS) is 38.8. The van der Waals surface area contributed by atoms with Gasteiger partial charge in [0.2, 0.25) is 0 Å². The quantitative estimate of drug-likeness (QED) is 0.528. The summed E-state index contributed by atoms with van der Waals surface area (Å²) in [6.45, 7) is 7.31. The molecule has 0 spiro atoms. The van der Waals surface area contributed by atoms with Gasteiger partial charge in [-0.1, -0.05) is 44.6 Å². The van der Waals surface area contributed by atoms with Gasteiger partial charge in [0.25, 0.3) is 0 Å². The van der Waals surface area contributed by atoms with Crippen LogP contribution in [0.5, 0.6) is 0 Å². The first-order valence-corrected chi connectivity index (χ1v) is 7.84. The maximum Gasteiger partial charge on any atom is -0.00875 e. The average molecular weight is 340 g/mol. The lowest BCUT2D eigenvalue weighted by Gasteiger charge is -2.36. The van der Waals surface area contributed by atoms with Crippen LogP contribution >= 0.6 is 22.6 Å². The van der Waals surface area contributed by atoms with Crippen LogP contribution in [0, 0.1) is 23.2 Å². The first kappa shape index (κ1) is 12.0. The molecule has 0 aromatic heterocycles. The molecule has 0 aliphatic heterocycles. The molecule has 0 N–H and O–H groups in total. The van der Waals surface area contributed by atoms with E-state index < -0.39 is 0 Å². The molecule has 0 amide bonds. The number of rotatable bonds is 0. The standard InChI is InChI=1S/C16H21I/c1-10-4-6-12-13-7-5-11(17)9-15(13)16(2,3)14(12)8-10/h4-6,10,13,15H,7-9H2,1-3H3. The molecule has 3 rings (SSSR count). The minimum atomic E-state index is 0.420. The Labute approximate surface area is 118 Å². The number of halogens is 1. The van der Waals surface area contributed by atoms with E-state index >= 15 is 0 Å². The SMILES string of the molecule is CC1C=CC2=C(C1)C(C)(C)C1CC(I)=CCC21. The highest BCUT2D eigenvalue weighted by atomic mass is 127. The van der Waals surface area contributed by atoms with E-state index in [0.29, 0.717) is 5.41 Å². The maximum absolute atomic E-state index is 2.53. The van der Waals surface area contributed by atoms with Gasteiger partial charge < -0.3 is 0 Å². The number of fused-ring (bicyclic) bond motifs is 2. The van der Waals surface area contributed by atoms with Gasteiger partial charge >= 0.3 is 0 Å². The van der Waals surface area contributed by atoms with Crippen LogP contribution in [0.4, 0.5) is 0 Å². The van der Waals surface area contributed by atoms with E-state index in [4.69, 9.17) is 0 Å². The van der Waals surface area contributed by atoms with Crippen LogP contribution in [0.1, 0.15) is 40.0 Å². The summed E-state index contributed by atoms with van der Waals surface area (Å²) < 4.78 is 1.58. The molecule has 0 heterocycles. The summed E-state index contributed by atoms with van der Waals surface area (Å²) >= 11 is 2.53. The first-order valence-electron chi connectivity index (χ1n) is 6.76. The lowest BCUT2D eigenvalue weighted by Crippen LogP contribution is -2.27. The number of hydrogen-bond acceptors (Lipinski definition) is 0. The summed E-state index contributed by atoms with van der Waals surface area (Å²) in [6.07, 6.45) is 11.2. The van der Waals surface area contributed by atoms with Crippen LogP contribution in [0.15, 0.2) is 33.0 Å². The fraction of sp³-hybridized carbons (Fsp3) is 0.625. The van der Waals surface area contributed by atoms with Gasteiger partial charge in [-0.15, -0.1) is 0 Å². The Morgan fingerprint density at radius 3 is 2.82 bits per heavy atom. The zero-order chi connectivity index (χ0) is 12.2. The third-order valence-electron chi connectivity index (χ3n) is 5.08. The van der Waals surface area contributed by atoms with E-state index in [0.717, 1.165) is 17.8 Å². The van der Waals surface area contributed by atoms with Crippen molar-refractivity contribution >= 4 is 22.6 Å². The smallest absolute Gasteiger partial charge is 0.00875 e. The monoisotopic (exact) mass is 340 g/mol. The summed E-state index contributed by atoms with van der Waals surface area (Å²) in [4.78, 5) is 0. The molecule has 0 nitrogen and oxygen atoms in total. The van der Waals surface area contributed by atoms with Gasteiger partial charge in [0.05, 0.1) is 0 Å². The first-order chi connectivity index (χ1) is 8.00. The highest BCUT2D eigenvalue weighted by molar-refractivity contribution is 14.1. The molecule has 0 saturated heterocycles. The van der Waals surface area contributed by atoms with Gasteiger partial charge in [0, 0.05) is 0 Å². The predicted molar refractivity (Wildman–Crippen MR) is 82.0 cm³/mol. The Morgan fingerprint density at radius 2 is 2.06 bits per heavy atom. The summed E-state index contributed by atoms with van der Waals surface area (Å²) in [6, 6.07) is 0. The predicted octanol–water partition coefficient (Wildman–Crippen LogP) is 5.26. The lowest BCUT2D eigenvalue weighted by atomic mass is 9.69. The van der Waals surface area contributed by atoms with Crippen LogP contribution in [-0.4, -0.2) is 0 Å². The second-order valence-corrected chi connectivity index (χ2v) is 7.89. The highest BCUT2D eigenvalue weighted by Crippen LogP contribution is 2.59. The van der Waals surface area contributed by atoms with Gasteiger partial charge in [0.1, 0.15) is 0 Å². The average Bonchev–Trinajstić information content (AvgIpc) is 2.49. The Kier molecular flexibility index (Phi) is 2.81. The minimum Gasteiger partial charge on any atom is -0.0811 e. The van der Waals surface area contributed by atoms with Gasteiger partial charge in [0.15, 0.2) is 0 Å². The molecule has 0 fully saturated rings. The molecule has 0 saturated carbocycles. The van der Waals surface area contributed by atoms with Gasteiger partial charge in [-0.3, -0.25) is 0 Å². The molecule has 17 heavy (non-hydrogen) atoms. The summed E-state index contributed by atoms with van der Waals surface area (Å²) in [7, 11) is 0. The third kappa shape index (κ3) is 1.76. The molecule has 0 aromatic rings. The number of allylic oxidation sites excluding steroid dienone is 6. The van der Waals surface area contributed by atoms with E-state index in [1.807, 2.05) is 0 Å². The summed E-state index contributed by atoms with van der Waals surface area (Å²) in [5.74, 6) is 2.39. The van der Waals surface area contributed by atoms with Crippen LogP contribution in [0.25, 0.3) is 0 Å². The van der Waals surface area contributed by atoms with Crippen molar-refractivity contribution in [2.75, 3.05) is 0 Å². The van der Waals surface area contributed by atoms with Crippen molar-refractivity contribution < 1.29 is 0 Å². The van der Waals surface area contributed by atoms with E-state index in [2.05, 4.69) is 61.6 Å². The second-order valence-electron chi connectivity index (χ2n) is 6.50. The molecule has 1 heteroatoms. The fourth-order valence-electron chi connectivity index (χ4n) is 4.04. The van der Waals surface area contributed by atoms with Crippen molar-refractivity contribution in [1.29, 1.82) is 0 Å². The fourth-order valence-corrected chi connectivity index (χ4v) is 4.77. The largest absolute Gasteiger partial charge is 0.0811 e. The molecular weight excluding hydrogens is 319 g/mol. The summed E-state index contributed by atoms with van der Waals surface area (Å²) in [5, 5.41) is 0. The minimum absolute atomic E-state index is 0.420. The van der Waals surface area contributed by atoms with E-state index in [-0.39, 0.29) is 0 Å². The number of hydrogen-bond donors (Lipinski definition) is 0. The van der Waals surface area contributed by atoms with Crippen molar-refractivity contribution in [1.82, 2.24) is 0 Å². The van der Waals surface area contributed by atoms with Crippen molar-refractivity contribution in [2.45, 2.75) is 40.0 Å². The van der Waals surface area contributed by atoms with Crippen LogP contribution in [0.2, 0.25) is 0 Å². The Bertz CT molecular complexity index is 436. The Balaban J connectivity index is 2.03. The van der Waals surface area contributed by atoms with Crippen LogP contribution in [-0.2, 0) is 0 Å². The molecule has 3 atom stereocenters. The molecular formula is C16H21I. The van der Waals surface area contributed by atoms with Crippen molar-refractivity contribution in [3.05, 3.63) is 33.0 Å². The van der Waals surface area contributed by atoms with Gasteiger partial charge in [-0.25, -0.2) is 0 Å². The molecule has 0 bridgehead atoms. The lowest BCUT2D eigenvalue weighted by molar-refractivity contribution is 0.223. The third-order valence-corrected chi connectivity index (χ3v) is 5.96. The highest BCUT2D eigenvalue weighted by Gasteiger charge is 2.48. The van der Waals surface area contributed by atoms with Crippen LogP contribution < -0.4 is 0 Å². The molecule has 0 radical (unpaired) electrons. The van der Waals surface area contributed by atoms with E-state index in [1.54, 1.807) is 14.7 Å². The van der Waals surface area contributed by atoms with Crippen LogP contribution in [0.3, 0.4) is 0 Å². The molecule has 0 aromatic carbocycles. The van der Waals surface area contributed by atoms with Crippen molar-refractivity contribution in [3.63, 3.8) is 0 Å². The molecule has 3 aliphatic carbocycles. The topological polar surface area (TPSA) is 0 Å². The maximum atomic E-state index is 2.53. The molecule has 92 valence electrons. The molecule has 3 unspecified atom stereocenters. The van der Waals surface area contributed by atoms with E-state index in [1.165, 1.54) is 19.3 Å². The zero-order valence-corrected chi connectivity index (χ0v) is 13.1. The van der Waals surface area contributed by atoms with Crippen molar-refractivity contribution in [2.24, 2.45) is 23.2 Å². The Hall–Kier alpha value is -0.0500. The summed E-state index contributed by atoms with van der Waals surface area (Å²) in [5.41, 5.74) is 3.88. The van der Waals surface area contributed by atoms with Crippen molar-refractivity contribution in [3.8, 4) is 0 Å².